The van der Waals surface area contributed by atoms with Crippen LogP contribution in [-0.2, 0) is 9.53 Å². The van der Waals surface area contributed by atoms with Crippen LogP contribution in [0.4, 0.5) is 0 Å². The van der Waals surface area contributed by atoms with Crippen LogP contribution in [0.2, 0.25) is 5.02 Å². The molecule has 1 unspecified atom stereocenters. The van der Waals surface area contributed by atoms with Crippen molar-refractivity contribution in [1.29, 1.82) is 0 Å². The number of hydrogen-bond donors (Lipinski definition) is 0. The summed E-state index contributed by atoms with van der Waals surface area (Å²) in [7, 11) is 3.06. The van der Waals surface area contributed by atoms with E-state index in [1.807, 2.05) is 0 Å². The Kier molecular flexibility index (Phi) is 6.70. The number of halogens is 1. The second kappa shape index (κ2) is 9.95. The quantitative estimate of drug-likeness (QED) is 0.441. The lowest BCUT2D eigenvalue weighted by atomic mass is 9.95. The molecule has 0 spiro atoms. The molecule has 0 radical (unpaired) electrons. The van der Waals surface area contributed by atoms with Gasteiger partial charge in [-0.2, -0.15) is 0 Å². The first kappa shape index (κ1) is 24.9. The third-order valence-corrected chi connectivity index (χ3v) is 7.33. The Hall–Kier alpha value is -3.76. The molecule has 0 aliphatic carbocycles. The summed E-state index contributed by atoms with van der Waals surface area (Å²) in [5.41, 5.74) is 1.65. The third kappa shape index (κ3) is 4.36. The summed E-state index contributed by atoms with van der Waals surface area (Å²) in [6, 6.07) is 7.86. The molecule has 1 aromatic heterocycles. The number of benzene rings is 2. The van der Waals surface area contributed by atoms with E-state index in [2.05, 4.69) is 4.99 Å². The molecule has 0 saturated carbocycles. The average molecular weight is 543 g/mol. The van der Waals surface area contributed by atoms with Gasteiger partial charge >= 0.3 is 5.97 Å². The van der Waals surface area contributed by atoms with E-state index in [9.17, 15) is 9.59 Å². The summed E-state index contributed by atoms with van der Waals surface area (Å²) in [6.45, 7) is 3.75. The van der Waals surface area contributed by atoms with Gasteiger partial charge in [-0.3, -0.25) is 9.36 Å². The molecule has 9 nitrogen and oxygen atoms in total. The molecular weight excluding hydrogens is 520 g/mol. The Balaban J connectivity index is 1.72. The summed E-state index contributed by atoms with van der Waals surface area (Å²) in [5.74, 6) is 1.54. The third-order valence-electron chi connectivity index (χ3n) is 6.02. The average Bonchev–Trinajstić information content (AvgIpc) is 3.46. The summed E-state index contributed by atoms with van der Waals surface area (Å²) < 4.78 is 28.9. The van der Waals surface area contributed by atoms with Gasteiger partial charge in [-0.05, 0) is 49.2 Å². The fourth-order valence-electron chi connectivity index (χ4n) is 4.31. The fourth-order valence-corrected chi connectivity index (χ4v) is 5.56. The second-order valence-electron chi connectivity index (χ2n) is 8.14. The van der Waals surface area contributed by atoms with Gasteiger partial charge in [0.05, 0.1) is 47.7 Å². The highest BCUT2D eigenvalue weighted by Crippen LogP contribution is 2.38. The molecule has 0 amide bonds. The molecule has 0 bridgehead atoms. The molecule has 0 fully saturated rings. The summed E-state index contributed by atoms with van der Waals surface area (Å²) in [6.07, 6.45) is 1.68. The van der Waals surface area contributed by atoms with Crippen molar-refractivity contribution >= 4 is 35.0 Å². The number of allylic oxidation sites excluding steroid dienone is 1. The van der Waals surface area contributed by atoms with Gasteiger partial charge in [-0.1, -0.05) is 29.0 Å². The number of rotatable bonds is 6. The topological polar surface area (TPSA) is 97.6 Å². The lowest BCUT2D eigenvalue weighted by molar-refractivity contribution is -0.139. The summed E-state index contributed by atoms with van der Waals surface area (Å²) >= 11 is 7.66. The number of hydrogen-bond acceptors (Lipinski definition) is 9. The monoisotopic (exact) mass is 542 g/mol. The van der Waals surface area contributed by atoms with Gasteiger partial charge in [-0.15, -0.1) is 0 Å². The maximum Gasteiger partial charge on any atom is 0.338 e. The van der Waals surface area contributed by atoms with E-state index >= 15 is 0 Å². The Labute approximate surface area is 220 Å². The molecule has 0 N–H and O–H groups in total. The van der Waals surface area contributed by atoms with Crippen LogP contribution in [0.3, 0.4) is 0 Å². The highest BCUT2D eigenvalue weighted by atomic mass is 35.5. The van der Waals surface area contributed by atoms with Crippen LogP contribution in [0.25, 0.3) is 6.08 Å². The molecule has 37 heavy (non-hydrogen) atoms. The molecular formula is C26H23ClN2O7S. The number of methoxy groups -OCH3 is 2. The van der Waals surface area contributed by atoms with Gasteiger partial charge in [0.25, 0.3) is 5.56 Å². The van der Waals surface area contributed by atoms with Crippen LogP contribution in [0.1, 0.15) is 31.0 Å². The van der Waals surface area contributed by atoms with Crippen molar-refractivity contribution in [3.63, 3.8) is 0 Å². The van der Waals surface area contributed by atoms with E-state index in [-0.39, 0.29) is 24.5 Å². The highest BCUT2D eigenvalue weighted by molar-refractivity contribution is 7.07. The molecule has 2 aliphatic rings. The lowest BCUT2D eigenvalue weighted by Gasteiger charge is -2.25. The van der Waals surface area contributed by atoms with Gasteiger partial charge < -0.3 is 23.7 Å². The number of ether oxygens (including phenoxy) is 5. The van der Waals surface area contributed by atoms with Crippen molar-refractivity contribution < 1.29 is 28.5 Å². The van der Waals surface area contributed by atoms with E-state index in [1.54, 1.807) is 50.3 Å². The predicted octanol–water partition coefficient (Wildman–Crippen LogP) is 3.20. The zero-order valence-corrected chi connectivity index (χ0v) is 22.1. The number of fused-ring (bicyclic) bond motifs is 2. The molecule has 2 aliphatic heterocycles. The maximum absolute atomic E-state index is 13.8. The Morgan fingerprint density at radius 3 is 2.62 bits per heavy atom. The Morgan fingerprint density at radius 1 is 1.19 bits per heavy atom. The second-order valence-corrected chi connectivity index (χ2v) is 9.56. The Morgan fingerprint density at radius 2 is 1.92 bits per heavy atom. The number of thiazole rings is 1. The minimum Gasteiger partial charge on any atom is -0.493 e. The molecule has 1 atom stereocenters. The maximum atomic E-state index is 13.8. The number of esters is 1. The van der Waals surface area contributed by atoms with E-state index in [0.29, 0.717) is 54.2 Å². The molecule has 2 aromatic carbocycles. The summed E-state index contributed by atoms with van der Waals surface area (Å²) in [5, 5.41) is 0.412. The smallest absolute Gasteiger partial charge is 0.338 e. The molecule has 11 heteroatoms. The fraction of sp³-hybridized carbons (Fsp3) is 0.269. The van der Waals surface area contributed by atoms with Gasteiger partial charge in [0.2, 0.25) is 6.79 Å². The number of carbonyl (C=O) groups excluding carboxylic acids is 1. The van der Waals surface area contributed by atoms with Gasteiger partial charge in [0, 0.05) is 6.07 Å². The number of aromatic nitrogens is 1. The number of nitrogens with zero attached hydrogens (tertiary/aromatic N) is 2. The molecule has 3 heterocycles. The van der Waals surface area contributed by atoms with E-state index in [0.717, 1.165) is 0 Å². The van der Waals surface area contributed by atoms with Crippen LogP contribution >= 0.6 is 22.9 Å². The van der Waals surface area contributed by atoms with Crippen LogP contribution in [0, 0.1) is 0 Å². The van der Waals surface area contributed by atoms with E-state index in [4.69, 9.17) is 35.3 Å². The van der Waals surface area contributed by atoms with Crippen LogP contribution < -0.4 is 33.8 Å². The van der Waals surface area contributed by atoms with Crippen molar-refractivity contribution in [1.82, 2.24) is 4.57 Å². The highest BCUT2D eigenvalue weighted by Gasteiger charge is 2.34. The normalized spacial score (nSPS) is 16.4. The zero-order valence-electron chi connectivity index (χ0n) is 20.5. The van der Waals surface area contributed by atoms with Gasteiger partial charge in [0.1, 0.15) is 0 Å². The van der Waals surface area contributed by atoms with Crippen LogP contribution in [-0.4, -0.2) is 38.2 Å². The standard InChI is InChI=1S/C26H23ClN2O7S/c1-5-34-25(31)22-13(2)28-26-29(23(22)14-6-7-17(32-3)18(8-14)33-4)24(30)21(37-26)10-15-9-19-20(11-16(15)27)36-12-35-19/h6-11,23H,5,12H2,1-4H3/b21-10+. The van der Waals surface area contributed by atoms with Gasteiger partial charge in [0.15, 0.2) is 27.8 Å². The number of carbonyl (C=O) groups is 1. The first-order valence-corrected chi connectivity index (χ1v) is 12.6. The van der Waals surface area contributed by atoms with Crippen LogP contribution in [0.5, 0.6) is 23.0 Å². The first-order chi connectivity index (χ1) is 17.9. The molecule has 3 aromatic rings. The predicted molar refractivity (Wildman–Crippen MR) is 138 cm³/mol. The van der Waals surface area contributed by atoms with Crippen molar-refractivity contribution in [2.75, 3.05) is 27.6 Å². The van der Waals surface area contributed by atoms with Gasteiger partial charge in [-0.25, -0.2) is 9.79 Å². The zero-order chi connectivity index (χ0) is 26.3. The minimum atomic E-state index is -0.788. The van der Waals surface area contributed by atoms with E-state index < -0.39 is 12.0 Å². The van der Waals surface area contributed by atoms with Crippen molar-refractivity contribution in [3.05, 3.63) is 77.4 Å². The largest absolute Gasteiger partial charge is 0.493 e. The molecule has 192 valence electrons. The minimum absolute atomic E-state index is 0.110. The van der Waals surface area contributed by atoms with E-state index in [1.165, 1.54) is 30.1 Å². The first-order valence-electron chi connectivity index (χ1n) is 11.4. The van der Waals surface area contributed by atoms with Crippen molar-refractivity contribution in [2.24, 2.45) is 4.99 Å². The molecule has 5 rings (SSSR count). The summed E-state index contributed by atoms with van der Waals surface area (Å²) in [4.78, 5) is 31.9. The SMILES string of the molecule is CCOC(=O)C1=C(C)N=c2s/c(=C/c3cc4c(cc3Cl)OCO4)c(=O)n2C1c1ccc(OC)c(OC)c1. The van der Waals surface area contributed by atoms with Crippen molar-refractivity contribution in [2.45, 2.75) is 19.9 Å². The lowest BCUT2D eigenvalue weighted by Crippen LogP contribution is -2.40. The Bertz CT molecular complexity index is 1620. The van der Waals surface area contributed by atoms with Crippen LogP contribution in [0.15, 0.2) is 51.4 Å². The molecule has 0 saturated heterocycles. The van der Waals surface area contributed by atoms with Crippen molar-refractivity contribution in [3.8, 4) is 23.0 Å².